The number of aromatic amines is 1. The van der Waals surface area contributed by atoms with Crippen molar-refractivity contribution in [2.24, 2.45) is 0 Å². The van der Waals surface area contributed by atoms with Gasteiger partial charge in [-0.1, -0.05) is 36.4 Å². The number of anilines is 1. The predicted octanol–water partition coefficient (Wildman–Crippen LogP) is 4.52. The van der Waals surface area contributed by atoms with Crippen molar-refractivity contribution in [3.63, 3.8) is 0 Å². The summed E-state index contributed by atoms with van der Waals surface area (Å²) in [5, 5.41) is 3.12. The molecule has 0 amide bonds. The number of hydrogen-bond acceptors (Lipinski definition) is 4. The van der Waals surface area contributed by atoms with Crippen LogP contribution in [0.3, 0.4) is 0 Å². The molecule has 1 atom stereocenters. The van der Waals surface area contributed by atoms with Crippen molar-refractivity contribution in [3.05, 3.63) is 72.7 Å². The summed E-state index contributed by atoms with van der Waals surface area (Å²) in [7, 11) is 0. The molecule has 1 aliphatic carbocycles. The number of hydrogen-bond donors (Lipinski definition) is 2. The normalized spacial score (nSPS) is 19.2. The lowest BCUT2D eigenvalue weighted by atomic mass is 9.98. The molecule has 0 spiro atoms. The molecule has 2 heterocycles. The van der Waals surface area contributed by atoms with Crippen LogP contribution in [0.25, 0.3) is 22.8 Å². The third-order valence-electron chi connectivity index (χ3n) is 4.14. The molecule has 0 saturated carbocycles. The molecule has 0 fully saturated rings. The number of rotatable bonds is 4. The molecule has 2 N–H and O–H groups in total. The highest BCUT2D eigenvalue weighted by Gasteiger charge is 2.21. The van der Waals surface area contributed by atoms with E-state index in [0.29, 0.717) is 12.4 Å². The Hall–Kier alpha value is -3.28. The van der Waals surface area contributed by atoms with Crippen LogP contribution in [-0.2, 0) is 0 Å². The van der Waals surface area contributed by atoms with E-state index in [2.05, 4.69) is 25.3 Å². The van der Waals surface area contributed by atoms with Gasteiger partial charge >= 0.3 is 0 Å². The third-order valence-corrected chi connectivity index (χ3v) is 4.14. The molecular weight excluding hydrogens is 329 g/mol. The highest BCUT2D eigenvalue weighted by Crippen LogP contribution is 2.25. The second-order valence-corrected chi connectivity index (χ2v) is 6.38. The number of benzene rings is 1. The van der Waals surface area contributed by atoms with E-state index in [1.54, 1.807) is 37.5 Å². The van der Waals surface area contributed by atoms with Crippen LogP contribution in [0, 0.1) is 0 Å². The lowest BCUT2D eigenvalue weighted by Crippen LogP contribution is -2.17. The maximum atomic E-state index is 13.8. The molecule has 1 aromatic carbocycles. The van der Waals surface area contributed by atoms with Crippen LogP contribution in [0.5, 0.6) is 0 Å². The number of aromatic nitrogens is 4. The zero-order chi connectivity index (χ0) is 18.0. The molecule has 0 bridgehead atoms. The van der Waals surface area contributed by atoms with Crippen molar-refractivity contribution in [2.45, 2.75) is 19.0 Å². The monoisotopic (exact) mass is 347 g/mol. The lowest BCUT2D eigenvalue weighted by molar-refractivity contribution is 0.259. The molecule has 3 aromatic rings. The Morgan fingerprint density at radius 2 is 2.00 bits per heavy atom. The van der Waals surface area contributed by atoms with E-state index >= 15 is 0 Å². The van der Waals surface area contributed by atoms with E-state index in [1.807, 2.05) is 36.4 Å². The Labute approximate surface area is 150 Å². The first kappa shape index (κ1) is 16.2. The fourth-order valence-corrected chi connectivity index (χ4v) is 2.69. The smallest absolute Gasteiger partial charge is 0.227 e. The molecule has 1 unspecified atom stereocenters. The van der Waals surface area contributed by atoms with Crippen LogP contribution in [-0.4, -0.2) is 25.6 Å². The Kier molecular flexibility index (Phi) is 4.08. The molecular formula is C20H18FN5. The first-order valence-corrected chi connectivity index (χ1v) is 8.38. The van der Waals surface area contributed by atoms with Crippen LogP contribution in [0.2, 0.25) is 0 Å². The zero-order valence-corrected chi connectivity index (χ0v) is 14.3. The quantitative estimate of drug-likeness (QED) is 0.728. The summed E-state index contributed by atoms with van der Waals surface area (Å²) in [4.78, 5) is 16.5. The zero-order valence-electron chi connectivity index (χ0n) is 14.3. The van der Waals surface area contributed by atoms with Crippen LogP contribution < -0.4 is 5.32 Å². The van der Waals surface area contributed by atoms with Crippen molar-refractivity contribution in [1.82, 2.24) is 19.9 Å². The Bertz CT molecular complexity index is 973. The molecule has 5 nitrogen and oxygen atoms in total. The van der Waals surface area contributed by atoms with Crippen LogP contribution in [0.1, 0.15) is 13.3 Å². The van der Waals surface area contributed by atoms with Gasteiger partial charge in [0.15, 0.2) is 0 Å². The van der Waals surface area contributed by atoms with Crippen LogP contribution in [0.4, 0.5) is 10.3 Å². The van der Waals surface area contributed by atoms with Gasteiger partial charge in [-0.05, 0) is 25.1 Å². The lowest BCUT2D eigenvalue weighted by Gasteiger charge is -2.19. The average molecular weight is 347 g/mol. The van der Waals surface area contributed by atoms with E-state index in [4.69, 9.17) is 0 Å². The number of H-pyrrole nitrogens is 1. The average Bonchev–Trinajstić information content (AvgIpc) is 3.15. The summed E-state index contributed by atoms with van der Waals surface area (Å²) in [6.07, 6.45) is 8.82. The summed E-state index contributed by atoms with van der Waals surface area (Å²) in [5.74, 6) is 1.24. The van der Waals surface area contributed by atoms with Gasteiger partial charge in [0.25, 0.3) is 0 Å². The minimum Gasteiger partial charge on any atom is -0.337 e. The predicted molar refractivity (Wildman–Crippen MR) is 100 cm³/mol. The van der Waals surface area contributed by atoms with Crippen molar-refractivity contribution >= 4 is 5.95 Å². The number of nitrogens with zero attached hydrogens (tertiary/aromatic N) is 3. The minimum atomic E-state index is -1.29. The summed E-state index contributed by atoms with van der Waals surface area (Å²) < 4.78 is 13.8. The first-order valence-electron chi connectivity index (χ1n) is 8.38. The van der Waals surface area contributed by atoms with Gasteiger partial charge < -0.3 is 10.3 Å². The molecule has 4 rings (SSSR count). The molecule has 26 heavy (non-hydrogen) atoms. The van der Waals surface area contributed by atoms with Gasteiger partial charge in [-0.2, -0.15) is 0 Å². The van der Waals surface area contributed by atoms with Gasteiger partial charge in [0.05, 0.1) is 17.6 Å². The number of halogens is 1. The number of alkyl halides is 1. The highest BCUT2D eigenvalue weighted by molar-refractivity contribution is 5.62. The SMILES string of the molecule is CC1(F)C=CC(Nc2nccc(-c3cnc(-c4ccccc4)[nH]3)n2)=CC1. The van der Waals surface area contributed by atoms with E-state index in [0.717, 1.165) is 28.5 Å². The summed E-state index contributed by atoms with van der Waals surface area (Å²) in [6, 6.07) is 11.7. The molecule has 6 heteroatoms. The molecule has 1 aliphatic rings. The van der Waals surface area contributed by atoms with Gasteiger partial charge in [-0.3, -0.25) is 0 Å². The van der Waals surface area contributed by atoms with Crippen molar-refractivity contribution in [1.29, 1.82) is 0 Å². The third kappa shape index (κ3) is 3.54. The second kappa shape index (κ2) is 6.55. The summed E-state index contributed by atoms with van der Waals surface area (Å²) in [5.41, 5.74) is 2.04. The van der Waals surface area contributed by atoms with Crippen molar-refractivity contribution in [2.75, 3.05) is 5.32 Å². The number of allylic oxidation sites excluding steroid dienone is 3. The van der Waals surface area contributed by atoms with Crippen molar-refractivity contribution in [3.8, 4) is 22.8 Å². The fourth-order valence-electron chi connectivity index (χ4n) is 2.69. The van der Waals surface area contributed by atoms with Gasteiger partial charge in [0.1, 0.15) is 11.5 Å². The van der Waals surface area contributed by atoms with Gasteiger partial charge in [-0.25, -0.2) is 19.3 Å². The highest BCUT2D eigenvalue weighted by atomic mass is 19.1. The number of nitrogens with one attached hydrogen (secondary N) is 2. The molecule has 0 aliphatic heterocycles. The molecule has 0 saturated heterocycles. The molecule has 130 valence electrons. The molecule has 0 radical (unpaired) electrons. The summed E-state index contributed by atoms with van der Waals surface area (Å²) in [6.45, 7) is 1.55. The van der Waals surface area contributed by atoms with E-state index < -0.39 is 5.67 Å². The maximum absolute atomic E-state index is 13.8. The second-order valence-electron chi connectivity index (χ2n) is 6.38. The largest absolute Gasteiger partial charge is 0.337 e. The van der Waals surface area contributed by atoms with Crippen LogP contribution >= 0.6 is 0 Å². The van der Waals surface area contributed by atoms with Gasteiger partial charge in [0, 0.05) is 23.9 Å². The van der Waals surface area contributed by atoms with E-state index in [-0.39, 0.29) is 0 Å². The van der Waals surface area contributed by atoms with E-state index in [9.17, 15) is 4.39 Å². The molecule has 2 aromatic heterocycles. The summed E-state index contributed by atoms with van der Waals surface area (Å²) >= 11 is 0. The maximum Gasteiger partial charge on any atom is 0.227 e. The minimum absolute atomic E-state index is 0.326. The van der Waals surface area contributed by atoms with Gasteiger partial charge in [-0.15, -0.1) is 0 Å². The van der Waals surface area contributed by atoms with Gasteiger partial charge in [0.2, 0.25) is 5.95 Å². The number of imidazole rings is 1. The van der Waals surface area contributed by atoms with Crippen molar-refractivity contribution < 1.29 is 4.39 Å². The van der Waals surface area contributed by atoms with Crippen LogP contribution in [0.15, 0.2) is 72.7 Å². The Morgan fingerprint density at radius 1 is 1.15 bits per heavy atom. The first-order chi connectivity index (χ1) is 12.6. The Balaban J connectivity index is 1.54. The topological polar surface area (TPSA) is 66.5 Å². The Morgan fingerprint density at radius 3 is 2.77 bits per heavy atom. The standard InChI is InChI=1S/C20H18FN5/c1-20(21)10-7-15(8-11-20)24-19-22-12-9-16(26-19)17-13-23-18(25-17)14-5-3-2-4-6-14/h2-10,12-13H,11H2,1H3,(H,23,25)(H,22,24,26). The fraction of sp³-hybridized carbons (Fsp3) is 0.150. The van der Waals surface area contributed by atoms with E-state index in [1.165, 1.54) is 0 Å².